The second-order valence-electron chi connectivity index (χ2n) is 9.65. The molecular weight excluding hydrogens is 583 g/mol. The number of hydrogen-bond donors (Lipinski definition) is 1. The lowest BCUT2D eigenvalue weighted by Crippen LogP contribution is -2.47. The predicted octanol–water partition coefficient (Wildman–Crippen LogP) is 4.49. The molecule has 0 radical (unpaired) electrons. The van der Waals surface area contributed by atoms with E-state index in [9.17, 15) is 13.6 Å². The number of allylic oxidation sites excluding steroid dienone is 2. The Labute approximate surface area is 251 Å². The van der Waals surface area contributed by atoms with Gasteiger partial charge in [0.1, 0.15) is 30.1 Å². The van der Waals surface area contributed by atoms with E-state index in [-0.39, 0.29) is 49.1 Å². The molecule has 0 aliphatic carbocycles. The summed E-state index contributed by atoms with van der Waals surface area (Å²) in [5.41, 5.74) is 4.52. The summed E-state index contributed by atoms with van der Waals surface area (Å²) in [6.45, 7) is 2.24. The number of ether oxygens (including phenoxy) is 3. The van der Waals surface area contributed by atoms with E-state index < -0.39 is 40.6 Å². The summed E-state index contributed by atoms with van der Waals surface area (Å²) in [6.07, 6.45) is 8.48. The molecule has 2 aromatic carbocycles. The van der Waals surface area contributed by atoms with Gasteiger partial charge >= 0.3 is 5.97 Å². The van der Waals surface area contributed by atoms with E-state index in [1.165, 1.54) is 53.4 Å². The molecule has 0 bridgehead atoms. The molecule has 2 N–H and O–H groups in total. The van der Waals surface area contributed by atoms with Crippen molar-refractivity contribution in [3.8, 4) is 6.07 Å². The summed E-state index contributed by atoms with van der Waals surface area (Å²) in [4.78, 5) is 16.7. The Morgan fingerprint density at radius 2 is 2.02 bits per heavy atom. The van der Waals surface area contributed by atoms with Crippen molar-refractivity contribution in [1.82, 2.24) is 14.8 Å². The van der Waals surface area contributed by atoms with Gasteiger partial charge in [0, 0.05) is 29.0 Å². The molecule has 1 aromatic heterocycles. The third-order valence-electron chi connectivity index (χ3n) is 6.63. The van der Waals surface area contributed by atoms with E-state index in [1.807, 2.05) is 6.07 Å². The van der Waals surface area contributed by atoms with Gasteiger partial charge in [-0.3, -0.25) is 4.79 Å². The molecule has 2 atom stereocenters. The third-order valence-corrected chi connectivity index (χ3v) is 8.07. The van der Waals surface area contributed by atoms with Gasteiger partial charge in [-0.05, 0) is 37.3 Å². The summed E-state index contributed by atoms with van der Waals surface area (Å²) in [5, 5.41) is 12.2. The molecule has 3 aromatic rings. The van der Waals surface area contributed by atoms with Crippen LogP contribution in [0, 0.1) is 28.8 Å². The normalized spacial score (nSPS) is 19.3. The number of thioether (sulfide) groups is 1. The van der Waals surface area contributed by atoms with Gasteiger partial charge in [-0.15, -0.1) is 11.8 Å². The van der Waals surface area contributed by atoms with E-state index in [2.05, 4.69) is 10.1 Å². The van der Waals surface area contributed by atoms with Crippen LogP contribution in [0.2, 0.25) is 0 Å². The Morgan fingerprint density at radius 1 is 1.23 bits per heavy atom. The number of benzene rings is 2. The Balaban J connectivity index is 1.47. The molecule has 0 saturated carbocycles. The van der Waals surface area contributed by atoms with Crippen LogP contribution in [0.3, 0.4) is 0 Å². The molecule has 1 unspecified atom stereocenters. The minimum absolute atomic E-state index is 0.0151. The summed E-state index contributed by atoms with van der Waals surface area (Å²) >= 11 is 1.37. The van der Waals surface area contributed by atoms with Crippen molar-refractivity contribution >= 4 is 23.8 Å². The molecule has 43 heavy (non-hydrogen) atoms. The van der Waals surface area contributed by atoms with Crippen LogP contribution in [-0.2, 0) is 31.2 Å². The van der Waals surface area contributed by atoms with Gasteiger partial charge in [0.25, 0.3) is 0 Å². The highest BCUT2D eigenvalue weighted by Crippen LogP contribution is 2.42. The molecule has 0 spiro atoms. The van der Waals surface area contributed by atoms with E-state index in [1.54, 1.807) is 31.2 Å². The average Bonchev–Trinajstić information content (AvgIpc) is 3.49. The van der Waals surface area contributed by atoms with Crippen LogP contribution >= 0.6 is 11.8 Å². The first kappa shape index (κ1) is 32.0. The summed E-state index contributed by atoms with van der Waals surface area (Å²) in [6, 6.07) is 9.22. The van der Waals surface area contributed by atoms with Crippen molar-refractivity contribution in [3.05, 3.63) is 101 Å². The highest BCUT2D eigenvalue weighted by Gasteiger charge is 2.46. The number of rotatable bonds is 12. The van der Waals surface area contributed by atoms with Gasteiger partial charge in [-0.25, -0.2) is 22.8 Å². The number of aromatic nitrogens is 3. The average molecular weight is 614 g/mol. The van der Waals surface area contributed by atoms with Crippen molar-refractivity contribution in [2.45, 2.75) is 42.3 Å². The monoisotopic (exact) mass is 613 g/mol. The van der Waals surface area contributed by atoms with Gasteiger partial charge in [0.05, 0.1) is 43.1 Å². The zero-order valence-electron chi connectivity index (χ0n) is 23.2. The fourth-order valence-corrected chi connectivity index (χ4v) is 5.86. The largest absolute Gasteiger partial charge is 0.451 e. The first-order valence-electron chi connectivity index (χ1n) is 13.4. The van der Waals surface area contributed by atoms with Crippen molar-refractivity contribution in [3.63, 3.8) is 0 Å². The number of nitriles is 1. The smallest absolute Gasteiger partial charge is 0.308 e. The number of carbonyl (C=O) groups excluding carboxylic acids is 1. The number of hydrogen-bond acceptors (Lipinski definition) is 9. The topological polar surface area (TPSA) is 125 Å². The van der Waals surface area contributed by atoms with Crippen LogP contribution in [0.4, 0.5) is 13.2 Å². The van der Waals surface area contributed by atoms with Gasteiger partial charge in [0.2, 0.25) is 0 Å². The lowest BCUT2D eigenvalue weighted by atomic mass is 9.89. The zero-order valence-corrected chi connectivity index (χ0v) is 24.1. The summed E-state index contributed by atoms with van der Waals surface area (Å²) in [7, 11) is 0. The molecular formula is C30H30F3N5O4S. The molecule has 1 aliphatic heterocycles. The predicted molar refractivity (Wildman–Crippen MR) is 154 cm³/mol. The van der Waals surface area contributed by atoms with E-state index in [0.29, 0.717) is 5.56 Å². The lowest BCUT2D eigenvalue weighted by Gasteiger charge is -2.40. The van der Waals surface area contributed by atoms with Crippen LogP contribution in [-0.4, -0.2) is 57.3 Å². The first-order chi connectivity index (χ1) is 20.7. The third kappa shape index (κ3) is 8.32. The molecule has 13 heteroatoms. The fraction of sp³-hybridized carbons (Fsp3) is 0.333. The van der Waals surface area contributed by atoms with Crippen molar-refractivity contribution in [2.75, 3.05) is 19.8 Å². The SMILES string of the molecule is CC(SC1COC(/C=C/C=C/c2ccc(C#N)cc2F)OC1)[C@@](Cn1cncn1)(OC(=O)CCN)c1ccc(F)cc1F. The van der Waals surface area contributed by atoms with Crippen LogP contribution in [0.5, 0.6) is 0 Å². The Morgan fingerprint density at radius 3 is 2.67 bits per heavy atom. The second-order valence-corrected chi connectivity index (χ2v) is 11.3. The van der Waals surface area contributed by atoms with Crippen LogP contribution in [0.25, 0.3) is 6.08 Å². The van der Waals surface area contributed by atoms with Gasteiger partial charge in [-0.1, -0.05) is 24.3 Å². The summed E-state index contributed by atoms with van der Waals surface area (Å²) in [5.74, 6) is -2.79. The second kappa shape index (κ2) is 15.0. The Hall–Kier alpha value is -3.96. The lowest BCUT2D eigenvalue weighted by molar-refractivity contribution is -0.163. The highest BCUT2D eigenvalue weighted by atomic mass is 32.2. The van der Waals surface area contributed by atoms with Crippen molar-refractivity contribution in [1.29, 1.82) is 5.26 Å². The van der Waals surface area contributed by atoms with Crippen molar-refractivity contribution in [2.24, 2.45) is 5.73 Å². The maximum absolute atomic E-state index is 15.3. The van der Waals surface area contributed by atoms with E-state index in [4.69, 9.17) is 25.2 Å². The van der Waals surface area contributed by atoms with Crippen LogP contribution in [0.1, 0.15) is 30.0 Å². The fourth-order valence-electron chi connectivity index (χ4n) is 4.50. The summed E-state index contributed by atoms with van der Waals surface area (Å²) < 4.78 is 62.3. The Kier molecular flexibility index (Phi) is 11.1. The number of nitrogens with zero attached hydrogens (tertiary/aromatic N) is 4. The number of halogens is 3. The number of nitrogens with two attached hydrogens (primary N) is 1. The molecule has 1 aliphatic rings. The maximum Gasteiger partial charge on any atom is 0.308 e. The maximum atomic E-state index is 15.3. The molecule has 0 amide bonds. The van der Waals surface area contributed by atoms with Gasteiger partial charge < -0.3 is 19.9 Å². The van der Waals surface area contributed by atoms with Gasteiger partial charge in [0.15, 0.2) is 11.9 Å². The molecule has 4 rings (SSSR count). The van der Waals surface area contributed by atoms with E-state index >= 15 is 4.39 Å². The number of esters is 1. The zero-order chi connectivity index (χ0) is 30.8. The minimum atomic E-state index is -1.61. The standard InChI is InChI=1S/C30H30F3N5O4S/c1-20(43-24-15-40-29(41-16-24)5-3-2-4-22-7-6-21(14-35)12-26(22)32)30(42-28(39)10-11-34,17-38-19-36-18-37-38)25-9-8-23(31)13-27(25)33/h2-9,12-13,18-20,24,29H,10-11,15-17,34H2,1H3/b4-2+,5-3+/t20?,24?,29?,30-/m1/s1. The first-order valence-corrected chi connectivity index (χ1v) is 14.3. The Bertz CT molecular complexity index is 1490. The molecule has 2 heterocycles. The quantitative estimate of drug-likeness (QED) is 0.232. The molecule has 226 valence electrons. The van der Waals surface area contributed by atoms with Crippen molar-refractivity contribution < 1.29 is 32.2 Å². The van der Waals surface area contributed by atoms with Crippen LogP contribution < -0.4 is 5.73 Å². The van der Waals surface area contributed by atoms with E-state index in [0.717, 1.165) is 12.1 Å². The minimum Gasteiger partial charge on any atom is -0.451 e. The van der Waals surface area contributed by atoms with Crippen LogP contribution in [0.15, 0.2) is 67.3 Å². The molecule has 1 saturated heterocycles. The number of carbonyl (C=O) groups is 1. The molecule has 1 fully saturated rings. The molecule has 9 nitrogen and oxygen atoms in total. The van der Waals surface area contributed by atoms with Gasteiger partial charge in [-0.2, -0.15) is 10.4 Å². The highest BCUT2D eigenvalue weighted by molar-refractivity contribution is 8.00.